The molecule has 0 fully saturated rings. The van der Waals surface area contributed by atoms with Gasteiger partial charge in [0.1, 0.15) is 19.2 Å². The minimum Gasteiger partial charge on any atom is -0.245 e. The molecule has 0 aliphatic carbocycles. The first-order valence-electron chi connectivity index (χ1n) is 5.37. The van der Waals surface area contributed by atoms with E-state index in [1.165, 1.54) is 6.33 Å². The summed E-state index contributed by atoms with van der Waals surface area (Å²) >= 11 is 0. The molecular formula is C12H11N5. The minimum atomic E-state index is 0.547. The summed E-state index contributed by atoms with van der Waals surface area (Å²) in [6.45, 7) is 2.54. The first kappa shape index (κ1) is 9.89. The average molecular weight is 225 g/mol. The molecule has 2 aromatic heterocycles. The average Bonchev–Trinajstić information content (AvgIpc) is 2.82. The predicted molar refractivity (Wildman–Crippen MR) is 63.4 cm³/mol. The Kier molecular flexibility index (Phi) is 2.29. The highest BCUT2D eigenvalue weighted by molar-refractivity contribution is 5.80. The van der Waals surface area contributed by atoms with E-state index in [0.717, 1.165) is 22.4 Å². The molecule has 1 aromatic carbocycles. The summed E-state index contributed by atoms with van der Waals surface area (Å²) in [6.07, 6.45) is 3.17. The zero-order valence-corrected chi connectivity index (χ0v) is 9.41. The molecule has 0 bridgehead atoms. The Morgan fingerprint density at radius 3 is 2.88 bits per heavy atom. The molecule has 0 atom stereocenters. The molecule has 5 heteroatoms. The topological polar surface area (TPSA) is 56.5 Å². The van der Waals surface area contributed by atoms with Crippen LogP contribution in [0.2, 0.25) is 0 Å². The fourth-order valence-electron chi connectivity index (χ4n) is 1.82. The van der Waals surface area contributed by atoms with Crippen molar-refractivity contribution in [1.82, 2.24) is 24.7 Å². The minimum absolute atomic E-state index is 0.547. The van der Waals surface area contributed by atoms with Gasteiger partial charge in [0.15, 0.2) is 5.82 Å². The highest BCUT2D eigenvalue weighted by Gasteiger charge is 2.04. The van der Waals surface area contributed by atoms with Crippen LogP contribution in [0.1, 0.15) is 11.5 Å². The zero-order valence-electron chi connectivity index (χ0n) is 9.41. The van der Waals surface area contributed by atoms with E-state index in [9.17, 15) is 0 Å². The Hall–Kier alpha value is -2.30. The second kappa shape index (κ2) is 3.93. The number of aromatic nitrogens is 5. The Morgan fingerprint density at radius 2 is 2.06 bits per heavy atom. The van der Waals surface area contributed by atoms with Crippen molar-refractivity contribution in [2.45, 2.75) is 13.5 Å². The van der Waals surface area contributed by atoms with Crippen molar-refractivity contribution in [3.8, 4) is 0 Å². The Morgan fingerprint density at radius 1 is 1.18 bits per heavy atom. The van der Waals surface area contributed by atoms with E-state index in [1.54, 1.807) is 11.0 Å². The molecule has 3 aromatic rings. The summed E-state index contributed by atoms with van der Waals surface area (Å²) < 4.78 is 1.71. The molecule has 0 spiro atoms. The third-order valence-corrected chi connectivity index (χ3v) is 2.61. The zero-order chi connectivity index (χ0) is 11.7. The van der Waals surface area contributed by atoms with Gasteiger partial charge in [-0.3, -0.25) is 0 Å². The van der Waals surface area contributed by atoms with Crippen molar-refractivity contribution in [2.24, 2.45) is 0 Å². The van der Waals surface area contributed by atoms with Gasteiger partial charge >= 0.3 is 0 Å². The Labute approximate surface area is 98.2 Å². The normalized spacial score (nSPS) is 10.9. The van der Waals surface area contributed by atoms with Gasteiger partial charge in [-0.25, -0.2) is 19.6 Å². The summed E-state index contributed by atoms with van der Waals surface area (Å²) in [5.41, 5.74) is 1.96. The Bertz CT molecular complexity index is 645. The van der Waals surface area contributed by atoms with Crippen LogP contribution in [0.25, 0.3) is 10.9 Å². The van der Waals surface area contributed by atoms with Crippen LogP contribution in [-0.2, 0) is 6.54 Å². The lowest BCUT2D eigenvalue weighted by atomic mass is 10.2. The van der Waals surface area contributed by atoms with Crippen molar-refractivity contribution >= 4 is 10.9 Å². The van der Waals surface area contributed by atoms with Gasteiger partial charge in [-0.2, -0.15) is 5.10 Å². The van der Waals surface area contributed by atoms with Crippen molar-refractivity contribution < 1.29 is 0 Å². The van der Waals surface area contributed by atoms with E-state index in [2.05, 4.69) is 20.1 Å². The molecule has 2 heterocycles. The predicted octanol–water partition coefficient (Wildman–Crippen LogP) is 1.58. The molecule has 5 nitrogen and oxygen atoms in total. The lowest BCUT2D eigenvalue weighted by Gasteiger charge is -2.05. The van der Waals surface area contributed by atoms with Gasteiger partial charge in [-0.15, -0.1) is 0 Å². The highest BCUT2D eigenvalue weighted by Crippen LogP contribution is 2.14. The summed E-state index contributed by atoms with van der Waals surface area (Å²) in [4.78, 5) is 12.9. The van der Waals surface area contributed by atoms with Crippen LogP contribution in [0.15, 0.2) is 36.9 Å². The van der Waals surface area contributed by atoms with Crippen LogP contribution in [0.5, 0.6) is 0 Å². The maximum absolute atomic E-state index is 4.51. The van der Waals surface area contributed by atoms with Crippen LogP contribution in [0, 0.1) is 6.92 Å². The molecule has 0 saturated carbocycles. The lowest BCUT2D eigenvalue weighted by Crippen LogP contribution is -2.06. The van der Waals surface area contributed by atoms with E-state index in [-0.39, 0.29) is 0 Å². The van der Waals surface area contributed by atoms with Gasteiger partial charge < -0.3 is 0 Å². The first-order chi connectivity index (χ1) is 8.33. The molecule has 3 rings (SSSR count). The van der Waals surface area contributed by atoms with E-state index in [1.807, 2.05) is 31.2 Å². The van der Waals surface area contributed by atoms with Crippen molar-refractivity contribution in [3.05, 3.63) is 48.4 Å². The number of nitrogens with zero attached hydrogens (tertiary/aromatic N) is 5. The van der Waals surface area contributed by atoms with Crippen LogP contribution in [-0.4, -0.2) is 24.7 Å². The number of hydrogen-bond donors (Lipinski definition) is 0. The molecule has 0 N–H and O–H groups in total. The SMILES string of the molecule is Cc1nc(Cn2cncn2)nc2ccccc12. The molecule has 0 aliphatic rings. The lowest BCUT2D eigenvalue weighted by molar-refractivity contribution is 0.654. The second-order valence-electron chi connectivity index (χ2n) is 3.84. The van der Waals surface area contributed by atoms with Gasteiger partial charge in [-0.1, -0.05) is 18.2 Å². The highest BCUT2D eigenvalue weighted by atomic mass is 15.3. The second-order valence-corrected chi connectivity index (χ2v) is 3.84. The summed E-state index contributed by atoms with van der Waals surface area (Å²) in [5, 5.41) is 5.14. The largest absolute Gasteiger partial charge is 0.245 e. The van der Waals surface area contributed by atoms with Crippen LogP contribution < -0.4 is 0 Å². The van der Waals surface area contributed by atoms with E-state index < -0.39 is 0 Å². The summed E-state index contributed by atoms with van der Waals surface area (Å²) in [5.74, 6) is 0.756. The molecule has 84 valence electrons. The van der Waals surface area contributed by atoms with Gasteiger partial charge in [0.2, 0.25) is 0 Å². The maximum atomic E-state index is 4.51. The fraction of sp³-hybridized carbons (Fsp3) is 0.167. The molecule has 17 heavy (non-hydrogen) atoms. The number of fused-ring (bicyclic) bond motifs is 1. The number of para-hydroxylation sites is 1. The third kappa shape index (κ3) is 1.87. The smallest absolute Gasteiger partial charge is 0.150 e. The van der Waals surface area contributed by atoms with Crippen molar-refractivity contribution in [3.63, 3.8) is 0 Å². The molecule has 0 aliphatic heterocycles. The quantitative estimate of drug-likeness (QED) is 0.664. The molecule has 0 unspecified atom stereocenters. The van der Waals surface area contributed by atoms with E-state index in [0.29, 0.717) is 6.54 Å². The standard InChI is InChI=1S/C12H11N5/c1-9-10-4-2-3-5-11(10)16-12(15-9)6-17-8-13-7-14-17/h2-5,7-8H,6H2,1H3. The van der Waals surface area contributed by atoms with Gasteiger partial charge in [0.25, 0.3) is 0 Å². The van der Waals surface area contributed by atoms with Gasteiger partial charge in [0.05, 0.1) is 5.52 Å². The molecule has 0 saturated heterocycles. The van der Waals surface area contributed by atoms with Crippen LogP contribution in [0.3, 0.4) is 0 Å². The van der Waals surface area contributed by atoms with E-state index in [4.69, 9.17) is 0 Å². The Balaban J connectivity index is 2.06. The third-order valence-electron chi connectivity index (χ3n) is 2.61. The van der Waals surface area contributed by atoms with Gasteiger partial charge in [0, 0.05) is 11.1 Å². The van der Waals surface area contributed by atoms with Gasteiger partial charge in [-0.05, 0) is 13.0 Å². The van der Waals surface area contributed by atoms with E-state index >= 15 is 0 Å². The fourth-order valence-corrected chi connectivity index (χ4v) is 1.82. The maximum Gasteiger partial charge on any atom is 0.150 e. The molecule has 0 amide bonds. The monoisotopic (exact) mass is 225 g/mol. The molecule has 0 radical (unpaired) electrons. The number of hydrogen-bond acceptors (Lipinski definition) is 4. The number of aryl methyl sites for hydroxylation is 1. The molecular weight excluding hydrogens is 214 g/mol. The summed E-state index contributed by atoms with van der Waals surface area (Å²) in [6, 6.07) is 8.00. The number of benzene rings is 1. The first-order valence-corrected chi connectivity index (χ1v) is 5.37. The van der Waals surface area contributed by atoms with Crippen molar-refractivity contribution in [2.75, 3.05) is 0 Å². The van der Waals surface area contributed by atoms with Crippen LogP contribution in [0.4, 0.5) is 0 Å². The van der Waals surface area contributed by atoms with Crippen molar-refractivity contribution in [1.29, 1.82) is 0 Å². The summed E-state index contributed by atoms with van der Waals surface area (Å²) in [7, 11) is 0. The van der Waals surface area contributed by atoms with Crippen LogP contribution >= 0.6 is 0 Å². The number of rotatable bonds is 2.